The van der Waals surface area contributed by atoms with E-state index in [1.807, 2.05) is 30.5 Å². The average molecular weight is 415 g/mol. The number of hydrogen-bond donors (Lipinski definition) is 2. The number of hydrogen-bond acceptors (Lipinski definition) is 3. The molecule has 26 heavy (non-hydrogen) atoms. The van der Waals surface area contributed by atoms with E-state index in [2.05, 4.69) is 26.2 Å². The Morgan fingerprint density at radius 2 is 1.88 bits per heavy atom. The second kappa shape index (κ2) is 8.19. The molecule has 0 radical (unpaired) electrons. The van der Waals surface area contributed by atoms with Gasteiger partial charge in [0, 0.05) is 33.6 Å². The monoisotopic (exact) mass is 414 g/mol. The highest BCUT2D eigenvalue weighted by Gasteiger charge is 2.24. The van der Waals surface area contributed by atoms with Gasteiger partial charge in [0.25, 0.3) is 5.91 Å². The molecular weight excluding hydrogens is 396 g/mol. The van der Waals surface area contributed by atoms with Crippen LogP contribution in [0.15, 0.2) is 59.2 Å². The lowest BCUT2D eigenvalue weighted by molar-refractivity contribution is -0.145. The van der Waals surface area contributed by atoms with Crippen molar-refractivity contribution in [2.24, 2.45) is 0 Å². The molecule has 1 atom stereocenters. The van der Waals surface area contributed by atoms with E-state index in [0.29, 0.717) is 12.0 Å². The Hall–Kier alpha value is -2.60. The smallest absolute Gasteiger partial charge is 0.328 e. The van der Waals surface area contributed by atoms with Crippen molar-refractivity contribution in [3.63, 3.8) is 0 Å². The summed E-state index contributed by atoms with van der Waals surface area (Å²) >= 11 is 3.34. The molecule has 0 aliphatic heterocycles. The van der Waals surface area contributed by atoms with Gasteiger partial charge in [-0.1, -0.05) is 34.1 Å². The fourth-order valence-corrected chi connectivity index (χ4v) is 3.06. The summed E-state index contributed by atoms with van der Waals surface area (Å²) in [6, 6.07) is 14.1. The van der Waals surface area contributed by atoms with E-state index in [0.717, 1.165) is 20.9 Å². The van der Waals surface area contributed by atoms with Gasteiger partial charge in [0.2, 0.25) is 0 Å². The predicted molar refractivity (Wildman–Crippen MR) is 104 cm³/mol. The van der Waals surface area contributed by atoms with Crippen molar-refractivity contribution in [3.8, 4) is 0 Å². The molecule has 1 amide bonds. The van der Waals surface area contributed by atoms with Gasteiger partial charge in [-0.3, -0.25) is 4.79 Å². The van der Waals surface area contributed by atoms with Crippen LogP contribution in [0.25, 0.3) is 10.9 Å². The highest BCUT2D eigenvalue weighted by molar-refractivity contribution is 9.10. The molecule has 0 aliphatic rings. The fourth-order valence-electron chi connectivity index (χ4n) is 2.80. The van der Waals surface area contributed by atoms with E-state index in [1.54, 1.807) is 31.2 Å². The SMILES string of the molecule is CCOC(=O)[C@@H](Cc1c[nH]c2ccccc12)NC(=O)c1ccc(Br)cc1. The summed E-state index contributed by atoms with van der Waals surface area (Å²) in [7, 11) is 0. The Bertz CT molecular complexity index is 918. The average Bonchev–Trinajstić information content (AvgIpc) is 3.05. The molecule has 0 aliphatic carbocycles. The van der Waals surface area contributed by atoms with Crippen molar-refractivity contribution in [2.75, 3.05) is 6.61 Å². The summed E-state index contributed by atoms with van der Waals surface area (Å²) in [5.41, 5.74) is 2.43. The Morgan fingerprint density at radius 3 is 2.62 bits per heavy atom. The zero-order chi connectivity index (χ0) is 18.5. The summed E-state index contributed by atoms with van der Waals surface area (Å²) in [5.74, 6) is -0.751. The third-order valence-electron chi connectivity index (χ3n) is 4.08. The van der Waals surface area contributed by atoms with Crippen LogP contribution in [0.1, 0.15) is 22.8 Å². The standard InChI is InChI=1S/C20H19BrN2O3/c1-2-26-20(25)18(23-19(24)13-7-9-15(21)10-8-13)11-14-12-22-17-6-4-3-5-16(14)17/h3-10,12,18,22H,2,11H2,1H3,(H,23,24)/t18-/m1/s1. The molecule has 3 aromatic rings. The third kappa shape index (κ3) is 4.14. The van der Waals surface area contributed by atoms with Crippen LogP contribution in [0.3, 0.4) is 0 Å². The molecule has 0 unspecified atom stereocenters. The zero-order valence-corrected chi connectivity index (χ0v) is 15.9. The van der Waals surface area contributed by atoms with Crippen LogP contribution in [0.2, 0.25) is 0 Å². The maximum Gasteiger partial charge on any atom is 0.328 e. The number of carbonyl (C=O) groups is 2. The highest BCUT2D eigenvalue weighted by Crippen LogP contribution is 2.19. The van der Waals surface area contributed by atoms with Crippen molar-refractivity contribution in [2.45, 2.75) is 19.4 Å². The number of rotatable bonds is 6. The number of ether oxygens (including phenoxy) is 1. The second-order valence-electron chi connectivity index (χ2n) is 5.85. The first kappa shape index (κ1) is 18.2. The Kier molecular flexibility index (Phi) is 5.73. The number of para-hydroxylation sites is 1. The minimum Gasteiger partial charge on any atom is -0.464 e. The van der Waals surface area contributed by atoms with Gasteiger partial charge in [-0.15, -0.1) is 0 Å². The van der Waals surface area contributed by atoms with E-state index >= 15 is 0 Å². The number of fused-ring (bicyclic) bond motifs is 1. The number of nitrogens with one attached hydrogen (secondary N) is 2. The van der Waals surface area contributed by atoms with Gasteiger partial charge in [-0.2, -0.15) is 0 Å². The maximum atomic E-state index is 12.5. The van der Waals surface area contributed by atoms with Gasteiger partial charge in [-0.05, 0) is 42.8 Å². The van der Waals surface area contributed by atoms with Gasteiger partial charge in [-0.25, -0.2) is 4.79 Å². The van der Waals surface area contributed by atoms with Crippen LogP contribution in [0, 0.1) is 0 Å². The van der Waals surface area contributed by atoms with Crippen molar-refractivity contribution in [1.29, 1.82) is 0 Å². The first-order valence-corrected chi connectivity index (χ1v) is 9.16. The van der Waals surface area contributed by atoms with Crippen molar-refractivity contribution in [1.82, 2.24) is 10.3 Å². The summed E-state index contributed by atoms with van der Waals surface area (Å²) in [6.45, 7) is 2.01. The quantitative estimate of drug-likeness (QED) is 0.601. The topological polar surface area (TPSA) is 71.2 Å². The second-order valence-corrected chi connectivity index (χ2v) is 6.76. The maximum absolute atomic E-state index is 12.5. The van der Waals surface area contributed by atoms with Crippen LogP contribution >= 0.6 is 15.9 Å². The van der Waals surface area contributed by atoms with E-state index < -0.39 is 12.0 Å². The van der Waals surface area contributed by atoms with E-state index in [9.17, 15) is 9.59 Å². The summed E-state index contributed by atoms with van der Waals surface area (Å²) in [5, 5.41) is 3.83. The molecule has 3 rings (SSSR count). The molecule has 0 bridgehead atoms. The molecule has 5 nitrogen and oxygen atoms in total. The Labute approximate surface area is 159 Å². The van der Waals surface area contributed by atoms with Crippen molar-refractivity contribution < 1.29 is 14.3 Å². The highest BCUT2D eigenvalue weighted by atomic mass is 79.9. The normalized spacial score (nSPS) is 11.9. The Morgan fingerprint density at radius 1 is 1.15 bits per heavy atom. The predicted octanol–water partition coefficient (Wildman–Crippen LogP) is 3.83. The molecule has 2 aromatic carbocycles. The van der Waals surface area contributed by atoms with Crippen LogP contribution in [0.5, 0.6) is 0 Å². The van der Waals surface area contributed by atoms with E-state index in [1.165, 1.54) is 0 Å². The first-order valence-electron chi connectivity index (χ1n) is 8.36. The molecule has 0 saturated carbocycles. The fraction of sp³-hybridized carbons (Fsp3) is 0.200. The molecule has 1 heterocycles. The van der Waals surface area contributed by atoms with E-state index in [4.69, 9.17) is 4.74 Å². The number of benzene rings is 2. The van der Waals surface area contributed by atoms with Gasteiger partial charge in [0.15, 0.2) is 0 Å². The molecular formula is C20H19BrN2O3. The number of esters is 1. The largest absolute Gasteiger partial charge is 0.464 e. The lowest BCUT2D eigenvalue weighted by Gasteiger charge is -2.17. The third-order valence-corrected chi connectivity index (χ3v) is 4.61. The van der Waals surface area contributed by atoms with Gasteiger partial charge in [0.05, 0.1) is 6.61 Å². The van der Waals surface area contributed by atoms with Crippen LogP contribution in [-0.4, -0.2) is 29.5 Å². The van der Waals surface area contributed by atoms with Crippen LogP contribution in [-0.2, 0) is 16.0 Å². The zero-order valence-electron chi connectivity index (χ0n) is 14.3. The van der Waals surface area contributed by atoms with E-state index in [-0.39, 0.29) is 12.5 Å². The molecule has 134 valence electrons. The van der Waals surface area contributed by atoms with Gasteiger partial charge >= 0.3 is 5.97 Å². The summed E-state index contributed by atoms with van der Waals surface area (Å²) in [4.78, 5) is 28.1. The lowest BCUT2D eigenvalue weighted by Crippen LogP contribution is -2.43. The number of halogens is 1. The number of aromatic nitrogens is 1. The van der Waals surface area contributed by atoms with Gasteiger partial charge < -0.3 is 15.0 Å². The van der Waals surface area contributed by atoms with Gasteiger partial charge in [0.1, 0.15) is 6.04 Å². The van der Waals surface area contributed by atoms with Crippen LogP contribution < -0.4 is 5.32 Å². The van der Waals surface area contributed by atoms with Crippen LogP contribution in [0.4, 0.5) is 0 Å². The lowest BCUT2D eigenvalue weighted by atomic mass is 10.0. The minimum atomic E-state index is -0.759. The minimum absolute atomic E-state index is 0.261. The first-order chi connectivity index (χ1) is 12.6. The molecule has 0 fully saturated rings. The van der Waals surface area contributed by atoms with Crippen molar-refractivity contribution in [3.05, 3.63) is 70.3 Å². The summed E-state index contributed by atoms with van der Waals surface area (Å²) in [6.07, 6.45) is 2.22. The number of H-pyrrole nitrogens is 1. The molecule has 2 N–H and O–H groups in total. The molecule has 6 heteroatoms. The Balaban J connectivity index is 1.82. The number of amides is 1. The number of aromatic amines is 1. The molecule has 0 saturated heterocycles. The summed E-state index contributed by atoms with van der Waals surface area (Å²) < 4.78 is 6.03. The molecule has 0 spiro atoms. The van der Waals surface area contributed by atoms with Crippen molar-refractivity contribution >= 4 is 38.7 Å². The molecule has 1 aromatic heterocycles. The number of carbonyl (C=O) groups excluding carboxylic acids is 2.